The number of rotatable bonds is 3. The van der Waals surface area contributed by atoms with Crippen molar-refractivity contribution in [3.63, 3.8) is 0 Å². The van der Waals surface area contributed by atoms with Crippen LogP contribution in [0.25, 0.3) is 0 Å². The Kier molecular flexibility index (Phi) is 3.34. The third-order valence-electron chi connectivity index (χ3n) is 2.95. The van der Waals surface area contributed by atoms with Gasteiger partial charge in [-0.3, -0.25) is 0 Å². The van der Waals surface area contributed by atoms with Crippen molar-refractivity contribution in [1.82, 2.24) is 4.90 Å². The van der Waals surface area contributed by atoms with Crippen LogP contribution in [-0.4, -0.2) is 24.5 Å². The highest BCUT2D eigenvalue weighted by molar-refractivity contribution is 5.19. The minimum atomic E-state index is -0.202. The lowest BCUT2D eigenvalue weighted by Crippen LogP contribution is -2.29. The van der Waals surface area contributed by atoms with Gasteiger partial charge in [-0.1, -0.05) is 12.1 Å². The van der Waals surface area contributed by atoms with Gasteiger partial charge in [-0.25, -0.2) is 4.39 Å². The summed E-state index contributed by atoms with van der Waals surface area (Å²) in [7, 11) is 0. The highest BCUT2D eigenvalue weighted by atomic mass is 19.1. The summed E-state index contributed by atoms with van der Waals surface area (Å²) in [5, 5.41) is 0. The first-order chi connectivity index (χ1) is 7.25. The van der Waals surface area contributed by atoms with Crippen molar-refractivity contribution in [3.8, 4) is 0 Å². The Labute approximate surface area is 89.9 Å². The van der Waals surface area contributed by atoms with Crippen molar-refractivity contribution in [1.29, 1.82) is 0 Å². The largest absolute Gasteiger partial charge is 0.323 e. The molecule has 1 aliphatic heterocycles. The summed E-state index contributed by atoms with van der Waals surface area (Å²) < 4.78 is 12.7. The minimum absolute atomic E-state index is 0.00343. The van der Waals surface area contributed by atoms with Crippen molar-refractivity contribution in [2.24, 2.45) is 5.73 Å². The number of nitrogens with zero attached hydrogens (tertiary/aromatic N) is 1. The molecule has 1 saturated heterocycles. The Morgan fingerprint density at radius 1 is 1.20 bits per heavy atom. The van der Waals surface area contributed by atoms with E-state index in [-0.39, 0.29) is 11.9 Å². The average molecular weight is 208 g/mol. The molecule has 0 radical (unpaired) electrons. The van der Waals surface area contributed by atoms with E-state index in [1.54, 1.807) is 12.1 Å². The standard InChI is InChI=1S/C12H17FN2/c13-11-5-3-10(4-6-11)12(14)9-15-7-1-2-8-15/h3-6,12H,1-2,7-9,14H2/t12-/m0/s1. The van der Waals surface area contributed by atoms with Gasteiger partial charge in [0, 0.05) is 12.6 Å². The van der Waals surface area contributed by atoms with Gasteiger partial charge < -0.3 is 10.6 Å². The molecule has 1 aromatic carbocycles. The first-order valence-electron chi connectivity index (χ1n) is 5.49. The van der Waals surface area contributed by atoms with Crippen molar-refractivity contribution in [2.75, 3.05) is 19.6 Å². The highest BCUT2D eigenvalue weighted by Gasteiger charge is 2.15. The molecular weight excluding hydrogens is 191 g/mol. The van der Waals surface area contributed by atoms with Crippen LogP contribution in [0.15, 0.2) is 24.3 Å². The molecule has 0 aliphatic carbocycles. The number of nitrogens with two attached hydrogens (primary N) is 1. The average Bonchev–Trinajstić information content (AvgIpc) is 2.71. The topological polar surface area (TPSA) is 29.3 Å². The van der Waals surface area contributed by atoms with Crippen LogP contribution in [0.3, 0.4) is 0 Å². The van der Waals surface area contributed by atoms with E-state index in [0.717, 1.165) is 25.2 Å². The van der Waals surface area contributed by atoms with Gasteiger partial charge in [0.1, 0.15) is 5.82 Å². The van der Waals surface area contributed by atoms with Crippen LogP contribution in [0, 0.1) is 5.82 Å². The first kappa shape index (κ1) is 10.6. The second-order valence-corrected chi connectivity index (χ2v) is 4.17. The van der Waals surface area contributed by atoms with E-state index in [0.29, 0.717) is 0 Å². The van der Waals surface area contributed by atoms with Crippen LogP contribution in [0.5, 0.6) is 0 Å². The molecule has 82 valence electrons. The van der Waals surface area contributed by atoms with Crippen molar-refractivity contribution in [2.45, 2.75) is 18.9 Å². The number of hydrogen-bond donors (Lipinski definition) is 1. The number of hydrogen-bond acceptors (Lipinski definition) is 2. The molecule has 2 nitrogen and oxygen atoms in total. The predicted molar refractivity (Wildman–Crippen MR) is 59.0 cm³/mol. The fourth-order valence-electron chi connectivity index (χ4n) is 2.06. The van der Waals surface area contributed by atoms with Crippen LogP contribution in [0.1, 0.15) is 24.4 Å². The minimum Gasteiger partial charge on any atom is -0.323 e. The van der Waals surface area contributed by atoms with Crippen LogP contribution in [0.4, 0.5) is 4.39 Å². The molecule has 2 rings (SSSR count). The van der Waals surface area contributed by atoms with Crippen LogP contribution < -0.4 is 5.73 Å². The molecular formula is C12H17FN2. The molecule has 15 heavy (non-hydrogen) atoms. The molecule has 1 aliphatic rings. The van der Waals surface area contributed by atoms with Gasteiger partial charge in [-0.2, -0.15) is 0 Å². The van der Waals surface area contributed by atoms with E-state index in [9.17, 15) is 4.39 Å². The normalized spacial score (nSPS) is 19.3. The first-order valence-corrected chi connectivity index (χ1v) is 5.49. The number of halogens is 1. The van der Waals surface area contributed by atoms with E-state index < -0.39 is 0 Å². The Balaban J connectivity index is 1.94. The molecule has 2 N–H and O–H groups in total. The van der Waals surface area contributed by atoms with E-state index in [1.807, 2.05) is 0 Å². The van der Waals surface area contributed by atoms with Crippen LogP contribution in [0.2, 0.25) is 0 Å². The molecule has 1 atom stereocenters. The maximum atomic E-state index is 12.7. The molecule has 0 bridgehead atoms. The molecule has 0 amide bonds. The predicted octanol–water partition coefficient (Wildman–Crippen LogP) is 1.92. The van der Waals surface area contributed by atoms with E-state index in [4.69, 9.17) is 5.73 Å². The molecule has 3 heteroatoms. The summed E-state index contributed by atoms with van der Waals surface area (Å²) in [5.74, 6) is -0.202. The van der Waals surface area contributed by atoms with Crippen molar-refractivity contribution < 1.29 is 4.39 Å². The molecule has 0 saturated carbocycles. The zero-order valence-electron chi connectivity index (χ0n) is 8.82. The van der Waals surface area contributed by atoms with Crippen molar-refractivity contribution >= 4 is 0 Å². The summed E-state index contributed by atoms with van der Waals surface area (Å²) in [5.41, 5.74) is 7.08. The molecule has 0 unspecified atom stereocenters. The van der Waals surface area contributed by atoms with Gasteiger partial charge in [0.25, 0.3) is 0 Å². The second-order valence-electron chi connectivity index (χ2n) is 4.17. The quantitative estimate of drug-likeness (QED) is 0.822. The van der Waals surface area contributed by atoms with Gasteiger partial charge in [-0.05, 0) is 43.6 Å². The summed E-state index contributed by atoms with van der Waals surface area (Å²) in [6, 6.07) is 6.49. The number of likely N-dealkylation sites (tertiary alicyclic amines) is 1. The van der Waals surface area contributed by atoms with Crippen molar-refractivity contribution in [3.05, 3.63) is 35.6 Å². The van der Waals surface area contributed by atoms with Gasteiger partial charge in [0.05, 0.1) is 0 Å². The lowest BCUT2D eigenvalue weighted by Gasteiger charge is -2.20. The maximum Gasteiger partial charge on any atom is 0.123 e. The third kappa shape index (κ3) is 2.76. The Morgan fingerprint density at radius 3 is 2.40 bits per heavy atom. The Morgan fingerprint density at radius 2 is 1.80 bits per heavy atom. The molecule has 1 fully saturated rings. The fourth-order valence-corrected chi connectivity index (χ4v) is 2.06. The maximum absolute atomic E-state index is 12.7. The molecule has 1 heterocycles. The van der Waals surface area contributed by atoms with Gasteiger partial charge in [0.15, 0.2) is 0 Å². The summed E-state index contributed by atoms with van der Waals surface area (Å²) >= 11 is 0. The third-order valence-corrected chi connectivity index (χ3v) is 2.95. The second kappa shape index (κ2) is 4.73. The molecule has 0 spiro atoms. The van der Waals surface area contributed by atoms with Gasteiger partial charge >= 0.3 is 0 Å². The highest BCUT2D eigenvalue weighted by Crippen LogP contribution is 2.15. The Hall–Kier alpha value is -0.930. The zero-order chi connectivity index (χ0) is 10.7. The molecule has 1 aromatic rings. The number of benzene rings is 1. The van der Waals surface area contributed by atoms with E-state index in [2.05, 4.69) is 4.90 Å². The fraction of sp³-hybridized carbons (Fsp3) is 0.500. The summed E-state index contributed by atoms with van der Waals surface area (Å²) in [4.78, 5) is 2.37. The Bertz CT molecular complexity index is 304. The zero-order valence-corrected chi connectivity index (χ0v) is 8.82. The van der Waals surface area contributed by atoms with Gasteiger partial charge in [-0.15, -0.1) is 0 Å². The van der Waals surface area contributed by atoms with E-state index in [1.165, 1.54) is 25.0 Å². The monoisotopic (exact) mass is 208 g/mol. The van der Waals surface area contributed by atoms with Crippen LogP contribution >= 0.6 is 0 Å². The lowest BCUT2D eigenvalue weighted by molar-refractivity contribution is 0.316. The summed E-state index contributed by atoms with van der Waals surface area (Å²) in [6.07, 6.45) is 2.55. The van der Waals surface area contributed by atoms with E-state index >= 15 is 0 Å². The SMILES string of the molecule is N[C@@H](CN1CCCC1)c1ccc(F)cc1. The van der Waals surface area contributed by atoms with Gasteiger partial charge in [0.2, 0.25) is 0 Å². The smallest absolute Gasteiger partial charge is 0.123 e. The lowest BCUT2D eigenvalue weighted by atomic mass is 10.1. The molecule has 0 aromatic heterocycles. The van der Waals surface area contributed by atoms with Crippen LogP contribution in [-0.2, 0) is 0 Å². The summed E-state index contributed by atoms with van der Waals surface area (Å²) in [6.45, 7) is 3.18.